The maximum absolute atomic E-state index is 12.0. The second kappa shape index (κ2) is 6.04. The van der Waals surface area contributed by atoms with Crippen molar-refractivity contribution in [2.45, 2.75) is 0 Å². The van der Waals surface area contributed by atoms with E-state index in [1.807, 2.05) is 18.2 Å². The highest BCUT2D eigenvalue weighted by Crippen LogP contribution is 2.24. The molecule has 0 radical (unpaired) electrons. The summed E-state index contributed by atoms with van der Waals surface area (Å²) in [7, 11) is 0. The Labute approximate surface area is 132 Å². The van der Waals surface area contributed by atoms with E-state index < -0.39 is 0 Å². The van der Waals surface area contributed by atoms with E-state index in [2.05, 4.69) is 43.8 Å². The van der Waals surface area contributed by atoms with Gasteiger partial charge in [0.1, 0.15) is 0 Å². The normalized spacial score (nSPS) is 10.2. The number of benzene rings is 2. The zero-order valence-electron chi connectivity index (χ0n) is 9.08. The lowest BCUT2D eigenvalue weighted by molar-refractivity contribution is 0.102. The van der Waals surface area contributed by atoms with Gasteiger partial charge in [0, 0.05) is 13.6 Å². The Kier molecular flexibility index (Phi) is 4.64. The fourth-order valence-electron chi connectivity index (χ4n) is 1.39. The maximum atomic E-state index is 12.0. The minimum Gasteiger partial charge on any atom is -0.321 e. The van der Waals surface area contributed by atoms with Crippen LogP contribution in [0.3, 0.4) is 0 Å². The molecule has 5 heteroatoms. The molecule has 2 aromatic carbocycles. The average Bonchev–Trinajstić information content (AvgIpc) is 2.33. The Morgan fingerprint density at radius 2 is 1.83 bits per heavy atom. The van der Waals surface area contributed by atoms with Gasteiger partial charge in [0.05, 0.1) is 10.7 Å². The fraction of sp³-hybridized carbons (Fsp3) is 0. The van der Waals surface area contributed by atoms with Gasteiger partial charge in [-0.15, -0.1) is 0 Å². The number of halogens is 3. The van der Waals surface area contributed by atoms with Crippen molar-refractivity contribution in [3.63, 3.8) is 0 Å². The van der Waals surface area contributed by atoms with Crippen LogP contribution in [0.1, 0.15) is 10.4 Å². The highest BCUT2D eigenvalue weighted by atomic mass is 127. The van der Waals surface area contributed by atoms with Crippen LogP contribution >= 0.6 is 50.1 Å². The first-order valence-corrected chi connectivity index (χ1v) is 7.33. The molecule has 0 aliphatic carbocycles. The van der Waals surface area contributed by atoms with E-state index in [9.17, 15) is 4.79 Å². The summed E-state index contributed by atoms with van der Waals surface area (Å²) in [5.74, 6) is -0.175. The summed E-state index contributed by atoms with van der Waals surface area (Å²) >= 11 is 11.6. The van der Waals surface area contributed by atoms with Crippen LogP contribution in [0.5, 0.6) is 0 Å². The Morgan fingerprint density at radius 3 is 2.44 bits per heavy atom. The van der Waals surface area contributed by atoms with E-state index in [0.717, 1.165) is 8.04 Å². The molecule has 0 aliphatic rings. The second-order valence-corrected chi connectivity index (χ2v) is 6.15. The van der Waals surface area contributed by atoms with Crippen molar-refractivity contribution in [3.8, 4) is 0 Å². The maximum Gasteiger partial charge on any atom is 0.255 e. The summed E-state index contributed by atoms with van der Waals surface area (Å²) in [6.07, 6.45) is 0. The summed E-state index contributed by atoms with van der Waals surface area (Å²) < 4.78 is 1.96. The molecule has 0 bridgehead atoms. The minimum atomic E-state index is -0.175. The molecule has 0 heterocycles. The molecule has 18 heavy (non-hydrogen) atoms. The van der Waals surface area contributed by atoms with Crippen LogP contribution in [0.15, 0.2) is 46.9 Å². The standard InChI is InChI=1S/C13H8BrClINO/c14-9-3-1-8(2-4-9)13(18)17-12-6-5-10(16)7-11(12)15/h1-7H,(H,17,18). The Bertz CT molecular complexity index is 586. The zero-order valence-corrected chi connectivity index (χ0v) is 13.6. The first-order valence-electron chi connectivity index (χ1n) is 5.08. The van der Waals surface area contributed by atoms with Gasteiger partial charge >= 0.3 is 0 Å². The van der Waals surface area contributed by atoms with Gasteiger partial charge in [-0.1, -0.05) is 27.5 Å². The Balaban J connectivity index is 2.18. The van der Waals surface area contributed by atoms with E-state index in [-0.39, 0.29) is 5.91 Å². The lowest BCUT2D eigenvalue weighted by Gasteiger charge is -2.07. The molecule has 0 aliphatic heterocycles. The summed E-state index contributed by atoms with van der Waals surface area (Å²) in [6.45, 7) is 0. The molecule has 0 spiro atoms. The van der Waals surface area contributed by atoms with Gasteiger partial charge in [0.25, 0.3) is 5.91 Å². The van der Waals surface area contributed by atoms with Crippen LogP contribution in [0, 0.1) is 3.57 Å². The van der Waals surface area contributed by atoms with Crippen LogP contribution in [0.4, 0.5) is 5.69 Å². The zero-order chi connectivity index (χ0) is 13.1. The number of anilines is 1. The van der Waals surface area contributed by atoms with Crippen molar-refractivity contribution in [1.82, 2.24) is 0 Å². The molecule has 0 aromatic heterocycles. The van der Waals surface area contributed by atoms with Gasteiger partial charge in [-0.25, -0.2) is 0 Å². The fourth-order valence-corrected chi connectivity index (χ4v) is 2.55. The Hall–Kier alpha value is -0.590. The van der Waals surface area contributed by atoms with Crippen LogP contribution in [0.2, 0.25) is 5.02 Å². The monoisotopic (exact) mass is 435 g/mol. The van der Waals surface area contributed by atoms with Crippen molar-refractivity contribution in [2.24, 2.45) is 0 Å². The smallest absolute Gasteiger partial charge is 0.255 e. The average molecular weight is 436 g/mol. The molecular weight excluding hydrogens is 428 g/mol. The number of rotatable bonds is 2. The van der Waals surface area contributed by atoms with Crippen molar-refractivity contribution in [1.29, 1.82) is 0 Å². The van der Waals surface area contributed by atoms with Gasteiger partial charge in [-0.05, 0) is 65.1 Å². The van der Waals surface area contributed by atoms with Crippen molar-refractivity contribution in [3.05, 3.63) is 61.1 Å². The van der Waals surface area contributed by atoms with Crippen molar-refractivity contribution in [2.75, 3.05) is 5.32 Å². The third-order valence-corrected chi connectivity index (χ3v) is 3.80. The van der Waals surface area contributed by atoms with E-state index in [1.165, 1.54) is 0 Å². The van der Waals surface area contributed by atoms with Gasteiger partial charge in [-0.2, -0.15) is 0 Å². The van der Waals surface area contributed by atoms with Gasteiger partial charge in [0.2, 0.25) is 0 Å². The molecule has 0 saturated carbocycles. The van der Waals surface area contributed by atoms with Crippen LogP contribution in [0.25, 0.3) is 0 Å². The first-order chi connectivity index (χ1) is 8.56. The molecule has 0 fully saturated rings. The van der Waals surface area contributed by atoms with Gasteiger partial charge in [-0.3, -0.25) is 4.79 Å². The van der Waals surface area contributed by atoms with Crippen LogP contribution < -0.4 is 5.32 Å². The topological polar surface area (TPSA) is 29.1 Å². The SMILES string of the molecule is O=C(Nc1ccc(I)cc1Cl)c1ccc(Br)cc1. The van der Waals surface area contributed by atoms with E-state index >= 15 is 0 Å². The minimum absolute atomic E-state index is 0.175. The lowest BCUT2D eigenvalue weighted by Crippen LogP contribution is -2.12. The molecular formula is C13H8BrClINO. The second-order valence-electron chi connectivity index (χ2n) is 3.59. The van der Waals surface area contributed by atoms with Gasteiger partial charge < -0.3 is 5.32 Å². The summed E-state index contributed by atoms with van der Waals surface area (Å²) in [5.41, 5.74) is 1.21. The molecule has 0 unspecified atom stereocenters. The number of carbonyl (C=O) groups excluding carboxylic acids is 1. The third kappa shape index (κ3) is 3.46. The number of carbonyl (C=O) groups is 1. The molecule has 2 nitrogen and oxygen atoms in total. The van der Waals surface area contributed by atoms with Crippen LogP contribution in [-0.2, 0) is 0 Å². The van der Waals surface area contributed by atoms with Crippen molar-refractivity contribution < 1.29 is 4.79 Å². The quantitative estimate of drug-likeness (QED) is 0.663. The summed E-state index contributed by atoms with van der Waals surface area (Å²) in [5, 5.41) is 3.32. The predicted octanol–water partition coefficient (Wildman–Crippen LogP) is 4.96. The highest BCUT2D eigenvalue weighted by molar-refractivity contribution is 14.1. The number of hydrogen-bond donors (Lipinski definition) is 1. The molecule has 2 aromatic rings. The van der Waals surface area contributed by atoms with E-state index in [4.69, 9.17) is 11.6 Å². The van der Waals surface area contributed by atoms with E-state index in [0.29, 0.717) is 16.3 Å². The molecule has 0 atom stereocenters. The van der Waals surface area contributed by atoms with Crippen molar-refractivity contribution >= 4 is 61.7 Å². The lowest BCUT2D eigenvalue weighted by atomic mass is 10.2. The highest BCUT2D eigenvalue weighted by Gasteiger charge is 2.08. The molecule has 2 rings (SSSR count). The molecule has 1 amide bonds. The van der Waals surface area contributed by atoms with Gasteiger partial charge in [0.15, 0.2) is 0 Å². The predicted molar refractivity (Wildman–Crippen MR) is 86.3 cm³/mol. The Morgan fingerprint density at radius 1 is 1.17 bits per heavy atom. The molecule has 1 N–H and O–H groups in total. The third-order valence-electron chi connectivity index (χ3n) is 2.29. The number of hydrogen-bond acceptors (Lipinski definition) is 1. The van der Waals surface area contributed by atoms with E-state index in [1.54, 1.807) is 24.3 Å². The summed E-state index contributed by atoms with van der Waals surface area (Å²) in [6, 6.07) is 12.6. The number of nitrogens with one attached hydrogen (secondary N) is 1. The number of amides is 1. The summed E-state index contributed by atoms with van der Waals surface area (Å²) in [4.78, 5) is 12.0. The molecule has 0 saturated heterocycles. The first kappa shape index (κ1) is 13.8. The van der Waals surface area contributed by atoms with Crippen LogP contribution in [-0.4, -0.2) is 5.91 Å². The molecule has 92 valence electrons. The largest absolute Gasteiger partial charge is 0.321 e.